The molecule has 0 aromatic heterocycles. The minimum atomic E-state index is 0.302. The largest absolute Gasteiger partial charge is 0.380 e. The van der Waals surface area contributed by atoms with Gasteiger partial charge in [0.15, 0.2) is 0 Å². The molecule has 2 fully saturated rings. The second-order valence-electron chi connectivity index (χ2n) is 6.21. The fourth-order valence-corrected chi connectivity index (χ4v) is 3.10. The van der Waals surface area contributed by atoms with Gasteiger partial charge < -0.3 is 4.74 Å². The standard InChI is InChI=1S/C13H22O2/c1-12(2,3)13(8-15-9-13)10-4-6-11(14)7-5-10/h10H,4-9H2,1-3H3. The molecule has 0 aromatic rings. The van der Waals surface area contributed by atoms with Gasteiger partial charge in [0.1, 0.15) is 5.78 Å². The summed E-state index contributed by atoms with van der Waals surface area (Å²) >= 11 is 0. The summed E-state index contributed by atoms with van der Waals surface area (Å²) in [5, 5.41) is 0. The van der Waals surface area contributed by atoms with Crippen LogP contribution in [0.1, 0.15) is 46.5 Å². The highest BCUT2D eigenvalue weighted by molar-refractivity contribution is 5.79. The van der Waals surface area contributed by atoms with Gasteiger partial charge in [-0.05, 0) is 24.2 Å². The molecule has 1 saturated heterocycles. The highest BCUT2D eigenvalue weighted by atomic mass is 16.5. The van der Waals surface area contributed by atoms with Crippen molar-refractivity contribution in [1.29, 1.82) is 0 Å². The fraction of sp³-hybridized carbons (Fsp3) is 0.923. The Kier molecular flexibility index (Phi) is 2.66. The maximum atomic E-state index is 11.3. The Hall–Kier alpha value is -0.370. The molecule has 0 N–H and O–H groups in total. The molecule has 0 amide bonds. The molecule has 2 heteroatoms. The van der Waals surface area contributed by atoms with Crippen LogP contribution in [0.4, 0.5) is 0 Å². The first-order valence-corrected chi connectivity index (χ1v) is 6.05. The number of carbonyl (C=O) groups excluding carboxylic acids is 1. The van der Waals surface area contributed by atoms with Gasteiger partial charge in [-0.1, -0.05) is 20.8 Å². The molecule has 1 aliphatic heterocycles. The van der Waals surface area contributed by atoms with E-state index in [1.807, 2.05) is 0 Å². The monoisotopic (exact) mass is 210 g/mol. The quantitative estimate of drug-likeness (QED) is 0.665. The van der Waals surface area contributed by atoms with Crippen LogP contribution in [0.15, 0.2) is 0 Å². The molecule has 0 radical (unpaired) electrons. The van der Waals surface area contributed by atoms with E-state index in [-0.39, 0.29) is 0 Å². The Morgan fingerprint density at radius 2 is 1.73 bits per heavy atom. The van der Waals surface area contributed by atoms with Gasteiger partial charge in [-0.15, -0.1) is 0 Å². The highest BCUT2D eigenvalue weighted by Gasteiger charge is 2.53. The first kappa shape index (κ1) is 11.1. The predicted octanol–water partition coefficient (Wildman–Crippen LogP) is 2.81. The summed E-state index contributed by atoms with van der Waals surface area (Å²) in [6.07, 6.45) is 3.75. The molecule has 0 aromatic carbocycles. The molecular weight excluding hydrogens is 188 g/mol. The molecule has 1 saturated carbocycles. The molecule has 2 nitrogen and oxygen atoms in total. The zero-order valence-electron chi connectivity index (χ0n) is 10.1. The molecule has 0 bridgehead atoms. The topological polar surface area (TPSA) is 26.3 Å². The average molecular weight is 210 g/mol. The lowest BCUT2D eigenvalue weighted by Crippen LogP contribution is -2.57. The summed E-state index contributed by atoms with van der Waals surface area (Å²) in [5.41, 5.74) is 0.643. The Bertz CT molecular complexity index is 248. The zero-order chi connectivity index (χ0) is 11.1. The van der Waals surface area contributed by atoms with E-state index in [0.717, 1.165) is 38.9 Å². The van der Waals surface area contributed by atoms with Gasteiger partial charge in [-0.2, -0.15) is 0 Å². The van der Waals surface area contributed by atoms with Gasteiger partial charge >= 0.3 is 0 Å². The number of hydrogen-bond donors (Lipinski definition) is 0. The van der Waals surface area contributed by atoms with E-state index >= 15 is 0 Å². The van der Waals surface area contributed by atoms with Crippen molar-refractivity contribution in [2.24, 2.45) is 16.7 Å². The zero-order valence-corrected chi connectivity index (χ0v) is 10.1. The third-order valence-corrected chi connectivity index (χ3v) is 4.54. The van der Waals surface area contributed by atoms with Crippen LogP contribution in [0.5, 0.6) is 0 Å². The first-order valence-electron chi connectivity index (χ1n) is 6.05. The Labute approximate surface area is 92.4 Å². The molecule has 2 aliphatic rings. The Morgan fingerprint density at radius 3 is 2.07 bits per heavy atom. The number of carbonyl (C=O) groups is 1. The summed E-state index contributed by atoms with van der Waals surface area (Å²) in [7, 11) is 0. The lowest BCUT2D eigenvalue weighted by Gasteiger charge is -2.56. The molecule has 0 spiro atoms. The van der Waals surface area contributed by atoms with E-state index in [0.29, 0.717) is 22.5 Å². The van der Waals surface area contributed by atoms with Crippen molar-refractivity contribution in [2.75, 3.05) is 13.2 Å². The van der Waals surface area contributed by atoms with E-state index < -0.39 is 0 Å². The van der Waals surface area contributed by atoms with Crippen molar-refractivity contribution in [2.45, 2.75) is 46.5 Å². The van der Waals surface area contributed by atoms with Crippen molar-refractivity contribution in [1.82, 2.24) is 0 Å². The molecular formula is C13H22O2. The smallest absolute Gasteiger partial charge is 0.132 e. The van der Waals surface area contributed by atoms with Crippen molar-refractivity contribution in [3.05, 3.63) is 0 Å². The van der Waals surface area contributed by atoms with Crippen LogP contribution in [0.2, 0.25) is 0 Å². The third-order valence-electron chi connectivity index (χ3n) is 4.54. The SMILES string of the molecule is CC(C)(C)C1(C2CCC(=O)CC2)COC1. The maximum Gasteiger partial charge on any atom is 0.132 e. The van der Waals surface area contributed by atoms with Crippen LogP contribution < -0.4 is 0 Å². The van der Waals surface area contributed by atoms with Crippen LogP contribution >= 0.6 is 0 Å². The second-order valence-corrected chi connectivity index (χ2v) is 6.21. The molecule has 2 rings (SSSR count). The Balaban J connectivity index is 2.10. The molecule has 86 valence electrons. The molecule has 0 unspecified atom stereocenters. The summed E-state index contributed by atoms with van der Waals surface area (Å²) < 4.78 is 5.46. The minimum Gasteiger partial charge on any atom is -0.380 e. The van der Waals surface area contributed by atoms with E-state index in [2.05, 4.69) is 20.8 Å². The molecule has 15 heavy (non-hydrogen) atoms. The van der Waals surface area contributed by atoms with Gasteiger partial charge in [-0.3, -0.25) is 4.79 Å². The number of ketones is 1. The van der Waals surface area contributed by atoms with Crippen molar-refractivity contribution in [3.63, 3.8) is 0 Å². The highest BCUT2D eigenvalue weighted by Crippen LogP contribution is 2.53. The fourth-order valence-electron chi connectivity index (χ4n) is 3.10. The molecule has 1 aliphatic carbocycles. The number of Topliss-reactive ketones (excluding diaryl/α,β-unsaturated/α-hetero) is 1. The number of hydrogen-bond acceptors (Lipinski definition) is 2. The lowest BCUT2D eigenvalue weighted by molar-refractivity contribution is -0.207. The van der Waals surface area contributed by atoms with E-state index in [4.69, 9.17) is 4.74 Å². The van der Waals surface area contributed by atoms with Gasteiger partial charge in [0.2, 0.25) is 0 Å². The van der Waals surface area contributed by atoms with E-state index in [9.17, 15) is 4.79 Å². The normalized spacial score (nSPS) is 27.5. The lowest BCUT2D eigenvalue weighted by atomic mass is 9.55. The summed E-state index contributed by atoms with van der Waals surface area (Å²) in [4.78, 5) is 11.3. The second kappa shape index (κ2) is 3.58. The van der Waals surface area contributed by atoms with Crippen molar-refractivity contribution in [3.8, 4) is 0 Å². The number of rotatable bonds is 1. The van der Waals surface area contributed by atoms with Gasteiger partial charge in [0.05, 0.1) is 13.2 Å². The van der Waals surface area contributed by atoms with E-state index in [1.54, 1.807) is 0 Å². The summed E-state index contributed by atoms with van der Waals surface area (Å²) in [6, 6.07) is 0. The minimum absolute atomic E-state index is 0.302. The van der Waals surface area contributed by atoms with Crippen LogP contribution in [-0.2, 0) is 9.53 Å². The molecule has 1 heterocycles. The van der Waals surface area contributed by atoms with Crippen LogP contribution in [0.3, 0.4) is 0 Å². The van der Waals surface area contributed by atoms with Gasteiger partial charge in [0, 0.05) is 18.3 Å². The van der Waals surface area contributed by atoms with Crippen LogP contribution in [-0.4, -0.2) is 19.0 Å². The predicted molar refractivity (Wildman–Crippen MR) is 59.7 cm³/mol. The first-order chi connectivity index (χ1) is 6.96. The van der Waals surface area contributed by atoms with Crippen molar-refractivity contribution < 1.29 is 9.53 Å². The van der Waals surface area contributed by atoms with E-state index in [1.165, 1.54) is 0 Å². The van der Waals surface area contributed by atoms with Gasteiger partial charge in [-0.25, -0.2) is 0 Å². The average Bonchev–Trinajstić information content (AvgIpc) is 2.03. The van der Waals surface area contributed by atoms with Gasteiger partial charge in [0.25, 0.3) is 0 Å². The van der Waals surface area contributed by atoms with Crippen LogP contribution in [0, 0.1) is 16.7 Å². The Morgan fingerprint density at radius 1 is 1.20 bits per heavy atom. The summed E-state index contributed by atoms with van der Waals surface area (Å²) in [6.45, 7) is 8.73. The third kappa shape index (κ3) is 1.73. The van der Waals surface area contributed by atoms with Crippen LogP contribution in [0.25, 0.3) is 0 Å². The number of ether oxygens (including phenoxy) is 1. The molecule has 0 atom stereocenters. The van der Waals surface area contributed by atoms with Crippen molar-refractivity contribution >= 4 is 5.78 Å². The maximum absolute atomic E-state index is 11.3. The summed E-state index contributed by atoms with van der Waals surface area (Å²) in [5.74, 6) is 1.15.